The first kappa shape index (κ1) is 18.6. The third-order valence-corrected chi connectivity index (χ3v) is 6.01. The molecule has 28 heavy (non-hydrogen) atoms. The molecule has 2 heterocycles. The monoisotopic (exact) mass is 389 g/mol. The molecule has 0 aliphatic carbocycles. The van der Waals surface area contributed by atoms with Crippen LogP contribution < -0.4 is 5.43 Å². The van der Waals surface area contributed by atoms with E-state index < -0.39 is 0 Å². The molecule has 0 saturated heterocycles. The molecule has 1 aliphatic rings. The topological polar surface area (TPSA) is 44.7 Å². The van der Waals surface area contributed by atoms with Gasteiger partial charge < -0.3 is 0 Å². The summed E-state index contributed by atoms with van der Waals surface area (Å²) < 4.78 is 0. The van der Waals surface area contributed by atoms with E-state index in [-0.39, 0.29) is 5.91 Å². The van der Waals surface area contributed by atoms with Crippen molar-refractivity contribution in [1.82, 2.24) is 10.3 Å². The zero-order valence-corrected chi connectivity index (χ0v) is 16.7. The number of nitrogens with zero attached hydrogens (tertiary/aromatic N) is 2. The van der Waals surface area contributed by atoms with Crippen molar-refractivity contribution in [3.05, 3.63) is 93.2 Å². The second-order valence-electron chi connectivity index (χ2n) is 7.04. The summed E-state index contributed by atoms with van der Waals surface area (Å²) in [6.07, 6.45) is 1.10. The first-order valence-corrected chi connectivity index (χ1v) is 10.3. The molecule has 0 saturated carbocycles. The van der Waals surface area contributed by atoms with Crippen LogP contribution in [0.5, 0.6) is 0 Å². The normalized spacial score (nSPS) is 14.5. The predicted molar refractivity (Wildman–Crippen MR) is 115 cm³/mol. The van der Waals surface area contributed by atoms with Crippen LogP contribution in [0.4, 0.5) is 0 Å². The number of carbonyl (C=O) groups is 1. The Morgan fingerprint density at radius 2 is 1.86 bits per heavy atom. The fourth-order valence-corrected chi connectivity index (χ4v) is 4.12. The highest BCUT2D eigenvalue weighted by molar-refractivity contribution is 7.12. The Balaban J connectivity index is 1.35. The molecule has 1 aliphatic heterocycles. The maximum Gasteiger partial charge on any atom is 0.271 e. The van der Waals surface area contributed by atoms with Crippen LogP contribution in [-0.4, -0.2) is 23.1 Å². The van der Waals surface area contributed by atoms with Crippen LogP contribution in [0.1, 0.15) is 38.8 Å². The Hall–Kier alpha value is -2.76. The van der Waals surface area contributed by atoms with E-state index in [1.807, 2.05) is 48.7 Å². The van der Waals surface area contributed by atoms with Crippen LogP contribution in [0.3, 0.4) is 0 Å². The Bertz CT molecular complexity index is 977. The number of hydrogen-bond acceptors (Lipinski definition) is 4. The lowest BCUT2D eigenvalue weighted by molar-refractivity contribution is 0.0955. The fraction of sp³-hybridized carbons (Fsp3) is 0.217. The summed E-state index contributed by atoms with van der Waals surface area (Å²) in [6.45, 7) is 4.84. The van der Waals surface area contributed by atoms with Gasteiger partial charge in [-0.05, 0) is 53.6 Å². The Morgan fingerprint density at radius 1 is 1.07 bits per heavy atom. The lowest BCUT2D eigenvalue weighted by atomic mass is 9.99. The van der Waals surface area contributed by atoms with Crippen LogP contribution in [0.25, 0.3) is 0 Å². The molecule has 2 aromatic carbocycles. The van der Waals surface area contributed by atoms with Gasteiger partial charge in [-0.2, -0.15) is 5.10 Å². The van der Waals surface area contributed by atoms with Crippen molar-refractivity contribution in [3.8, 4) is 0 Å². The fourth-order valence-electron chi connectivity index (χ4n) is 3.45. The van der Waals surface area contributed by atoms with Gasteiger partial charge in [0, 0.05) is 30.1 Å². The van der Waals surface area contributed by atoms with Crippen molar-refractivity contribution in [2.75, 3.05) is 6.54 Å². The van der Waals surface area contributed by atoms with E-state index in [1.54, 1.807) is 11.3 Å². The van der Waals surface area contributed by atoms with E-state index in [1.165, 1.54) is 16.7 Å². The number of benzene rings is 2. The summed E-state index contributed by atoms with van der Waals surface area (Å²) in [7, 11) is 0. The molecule has 0 radical (unpaired) electrons. The highest BCUT2D eigenvalue weighted by Gasteiger charge is 2.16. The van der Waals surface area contributed by atoms with Crippen LogP contribution >= 0.6 is 11.3 Å². The molecular weight excluding hydrogens is 366 g/mol. The first-order chi connectivity index (χ1) is 13.7. The van der Waals surface area contributed by atoms with Gasteiger partial charge in [0.25, 0.3) is 5.91 Å². The maximum atomic E-state index is 12.3. The zero-order chi connectivity index (χ0) is 19.3. The average molecular weight is 390 g/mol. The molecule has 4 nitrogen and oxygen atoms in total. The second kappa shape index (κ2) is 8.50. The molecule has 0 unspecified atom stereocenters. The van der Waals surface area contributed by atoms with Gasteiger partial charge in [0.05, 0.1) is 5.71 Å². The molecule has 0 spiro atoms. The predicted octanol–water partition coefficient (Wildman–Crippen LogP) is 4.46. The summed E-state index contributed by atoms with van der Waals surface area (Å²) >= 11 is 1.61. The van der Waals surface area contributed by atoms with Gasteiger partial charge in [0.1, 0.15) is 0 Å². The second-order valence-corrected chi connectivity index (χ2v) is 7.99. The summed E-state index contributed by atoms with van der Waals surface area (Å²) in [6, 6.07) is 20.4. The molecule has 0 atom stereocenters. The molecule has 4 rings (SSSR count). The van der Waals surface area contributed by atoms with Crippen molar-refractivity contribution >= 4 is 23.0 Å². The molecule has 5 heteroatoms. The van der Waals surface area contributed by atoms with Gasteiger partial charge in [-0.3, -0.25) is 9.69 Å². The van der Waals surface area contributed by atoms with Crippen LogP contribution in [0.2, 0.25) is 0 Å². The van der Waals surface area contributed by atoms with E-state index in [4.69, 9.17) is 0 Å². The highest BCUT2D eigenvalue weighted by atomic mass is 32.1. The minimum atomic E-state index is -0.186. The smallest absolute Gasteiger partial charge is 0.271 e. The zero-order valence-electron chi connectivity index (χ0n) is 15.9. The van der Waals surface area contributed by atoms with Gasteiger partial charge in [-0.15, -0.1) is 11.3 Å². The molecular formula is C23H23N3OS. The lowest BCUT2D eigenvalue weighted by Crippen LogP contribution is -2.30. The van der Waals surface area contributed by atoms with Gasteiger partial charge in [0.15, 0.2) is 0 Å². The van der Waals surface area contributed by atoms with Crippen LogP contribution in [0.15, 0.2) is 71.1 Å². The first-order valence-electron chi connectivity index (χ1n) is 9.45. The summed E-state index contributed by atoms with van der Waals surface area (Å²) in [5, 5.41) is 6.20. The van der Waals surface area contributed by atoms with Crippen LogP contribution in [-0.2, 0) is 19.5 Å². The Labute approximate surface area is 169 Å². The van der Waals surface area contributed by atoms with Crippen LogP contribution in [0, 0.1) is 0 Å². The van der Waals surface area contributed by atoms with Crippen molar-refractivity contribution in [2.45, 2.75) is 26.4 Å². The van der Waals surface area contributed by atoms with Gasteiger partial charge >= 0.3 is 0 Å². The molecule has 142 valence electrons. The number of carbonyl (C=O) groups excluding carboxylic acids is 1. The number of thiophene rings is 1. The maximum absolute atomic E-state index is 12.3. The van der Waals surface area contributed by atoms with E-state index in [0.717, 1.165) is 36.6 Å². The Morgan fingerprint density at radius 3 is 2.61 bits per heavy atom. The summed E-state index contributed by atoms with van der Waals surface area (Å²) in [5.41, 5.74) is 8.17. The molecule has 1 aromatic heterocycles. The van der Waals surface area contributed by atoms with E-state index in [9.17, 15) is 4.79 Å². The summed E-state index contributed by atoms with van der Waals surface area (Å²) in [4.78, 5) is 15.8. The molecule has 3 aromatic rings. The van der Waals surface area contributed by atoms with Crippen molar-refractivity contribution in [1.29, 1.82) is 0 Å². The van der Waals surface area contributed by atoms with Gasteiger partial charge in [-0.1, -0.05) is 42.5 Å². The van der Waals surface area contributed by atoms with E-state index in [2.05, 4.69) is 39.7 Å². The molecule has 1 amide bonds. The highest BCUT2D eigenvalue weighted by Crippen LogP contribution is 2.20. The third kappa shape index (κ3) is 4.38. The van der Waals surface area contributed by atoms with Gasteiger partial charge in [0.2, 0.25) is 0 Å². The number of hydrogen-bond donors (Lipinski definition) is 1. The van der Waals surface area contributed by atoms with E-state index >= 15 is 0 Å². The van der Waals surface area contributed by atoms with Crippen molar-refractivity contribution in [2.24, 2.45) is 5.10 Å². The standard InChI is InChI=1S/C23H23N3OS/c1-17(22-7-4-14-28-22)24-25-23(27)20-10-8-18(9-11-20)15-26-13-12-19-5-2-3-6-21(19)16-26/h2-11,14H,12-13,15-16H2,1H3,(H,25,27). The average Bonchev–Trinajstić information content (AvgIpc) is 3.27. The molecule has 0 fully saturated rings. The minimum absolute atomic E-state index is 0.186. The number of nitrogens with one attached hydrogen (secondary N) is 1. The molecule has 1 N–H and O–H groups in total. The third-order valence-electron chi connectivity index (χ3n) is 5.03. The molecule has 0 bridgehead atoms. The lowest BCUT2D eigenvalue weighted by Gasteiger charge is -2.28. The number of rotatable bonds is 5. The minimum Gasteiger partial charge on any atom is -0.294 e. The number of amides is 1. The summed E-state index contributed by atoms with van der Waals surface area (Å²) in [5.74, 6) is -0.186. The SMILES string of the molecule is CC(=NNC(=O)c1ccc(CN2CCc3ccccc3C2)cc1)c1cccs1. The quantitative estimate of drug-likeness (QED) is 0.517. The number of fused-ring (bicyclic) bond motifs is 1. The van der Waals surface area contributed by atoms with Crippen molar-refractivity contribution in [3.63, 3.8) is 0 Å². The van der Waals surface area contributed by atoms with Crippen molar-refractivity contribution < 1.29 is 4.79 Å². The largest absolute Gasteiger partial charge is 0.294 e. The van der Waals surface area contributed by atoms with E-state index in [0.29, 0.717) is 5.56 Å². The van der Waals surface area contributed by atoms with Gasteiger partial charge in [-0.25, -0.2) is 5.43 Å². The Kier molecular flexibility index (Phi) is 5.65. The number of hydrazone groups is 1.